The Bertz CT molecular complexity index is 271. The van der Waals surface area contributed by atoms with Crippen LogP contribution in [-0.4, -0.2) is 6.04 Å². The van der Waals surface area contributed by atoms with E-state index in [1.54, 1.807) is 0 Å². The lowest BCUT2D eigenvalue weighted by atomic mass is 10.1. The smallest absolute Gasteiger partial charge is 0.0458 e. The third-order valence-electron chi connectivity index (χ3n) is 1.62. The van der Waals surface area contributed by atoms with Crippen LogP contribution in [0.25, 0.3) is 0 Å². The molecule has 0 aliphatic carbocycles. The van der Waals surface area contributed by atoms with Crippen LogP contribution in [0.4, 0.5) is 5.69 Å². The Balaban J connectivity index is 2.82. The van der Waals surface area contributed by atoms with Crippen molar-refractivity contribution in [2.75, 3.05) is 5.73 Å². The third-order valence-corrected chi connectivity index (χ3v) is 2.31. The summed E-state index contributed by atoms with van der Waals surface area (Å²) in [6.45, 7) is 1.99. The second-order valence-electron chi connectivity index (χ2n) is 3.04. The average molecular weight is 229 g/mol. The molecular weight excluding hydrogens is 216 g/mol. The number of hydrogen-bond donors (Lipinski definition) is 2. The number of benzene rings is 1. The fraction of sp³-hybridized carbons (Fsp3) is 0.333. The number of rotatable bonds is 2. The topological polar surface area (TPSA) is 52.0 Å². The fourth-order valence-corrected chi connectivity index (χ4v) is 1.50. The van der Waals surface area contributed by atoms with E-state index in [9.17, 15) is 0 Å². The van der Waals surface area contributed by atoms with Gasteiger partial charge in [-0.25, -0.2) is 0 Å². The molecular formula is C9H13BrN2. The van der Waals surface area contributed by atoms with E-state index in [0.29, 0.717) is 0 Å². The van der Waals surface area contributed by atoms with Crippen LogP contribution >= 0.6 is 15.9 Å². The molecule has 1 rings (SSSR count). The number of nitrogens with two attached hydrogens (primary N) is 2. The maximum atomic E-state index is 5.67. The minimum atomic E-state index is 0.195. The van der Waals surface area contributed by atoms with Gasteiger partial charge in [0, 0.05) is 16.2 Å². The molecule has 0 radical (unpaired) electrons. The molecule has 0 bridgehead atoms. The van der Waals surface area contributed by atoms with E-state index < -0.39 is 0 Å². The first kappa shape index (κ1) is 9.55. The van der Waals surface area contributed by atoms with Gasteiger partial charge in [-0.1, -0.05) is 6.07 Å². The summed E-state index contributed by atoms with van der Waals surface area (Å²) in [6.07, 6.45) is 0.888. The summed E-state index contributed by atoms with van der Waals surface area (Å²) in [4.78, 5) is 0. The van der Waals surface area contributed by atoms with Crippen LogP contribution in [0.15, 0.2) is 22.7 Å². The van der Waals surface area contributed by atoms with E-state index in [1.807, 2.05) is 25.1 Å². The molecule has 0 aromatic heterocycles. The third kappa shape index (κ3) is 2.50. The van der Waals surface area contributed by atoms with Crippen molar-refractivity contribution in [3.05, 3.63) is 28.2 Å². The van der Waals surface area contributed by atoms with Gasteiger partial charge in [-0.05, 0) is 47.0 Å². The SMILES string of the molecule is C[C@H](N)Cc1ccc(N)c(Br)c1. The van der Waals surface area contributed by atoms with Crippen LogP contribution in [-0.2, 0) is 6.42 Å². The van der Waals surface area contributed by atoms with Gasteiger partial charge in [0.25, 0.3) is 0 Å². The van der Waals surface area contributed by atoms with Crippen LogP contribution in [0.3, 0.4) is 0 Å². The quantitative estimate of drug-likeness (QED) is 0.761. The van der Waals surface area contributed by atoms with E-state index >= 15 is 0 Å². The monoisotopic (exact) mass is 228 g/mol. The van der Waals surface area contributed by atoms with E-state index in [-0.39, 0.29) is 6.04 Å². The molecule has 0 spiro atoms. The molecule has 1 atom stereocenters. The van der Waals surface area contributed by atoms with Gasteiger partial charge in [-0.15, -0.1) is 0 Å². The van der Waals surface area contributed by atoms with Crippen molar-refractivity contribution in [1.29, 1.82) is 0 Å². The molecule has 0 aliphatic heterocycles. The van der Waals surface area contributed by atoms with E-state index in [2.05, 4.69) is 15.9 Å². The Hall–Kier alpha value is -0.540. The van der Waals surface area contributed by atoms with Crippen LogP contribution in [0.5, 0.6) is 0 Å². The summed E-state index contributed by atoms with van der Waals surface area (Å²) in [5.41, 5.74) is 13.3. The Morgan fingerprint density at radius 3 is 2.67 bits per heavy atom. The maximum absolute atomic E-state index is 5.67. The lowest BCUT2D eigenvalue weighted by Crippen LogP contribution is -2.17. The van der Waals surface area contributed by atoms with Crippen LogP contribution in [0.2, 0.25) is 0 Å². The van der Waals surface area contributed by atoms with E-state index in [0.717, 1.165) is 16.6 Å². The maximum Gasteiger partial charge on any atom is 0.0458 e. The highest BCUT2D eigenvalue weighted by atomic mass is 79.9. The van der Waals surface area contributed by atoms with Gasteiger partial charge < -0.3 is 11.5 Å². The van der Waals surface area contributed by atoms with Gasteiger partial charge in [0.15, 0.2) is 0 Å². The Morgan fingerprint density at radius 1 is 1.50 bits per heavy atom. The van der Waals surface area contributed by atoms with Gasteiger partial charge in [0.2, 0.25) is 0 Å². The normalized spacial score (nSPS) is 12.9. The standard InChI is InChI=1S/C9H13BrN2/c1-6(11)4-7-2-3-9(12)8(10)5-7/h2-3,5-6H,4,11-12H2,1H3/t6-/m0/s1. The zero-order valence-corrected chi connectivity index (χ0v) is 8.64. The lowest BCUT2D eigenvalue weighted by Gasteiger charge is -2.06. The minimum Gasteiger partial charge on any atom is -0.398 e. The molecule has 0 unspecified atom stereocenters. The van der Waals surface area contributed by atoms with Crippen molar-refractivity contribution in [3.8, 4) is 0 Å². The van der Waals surface area contributed by atoms with Crippen LogP contribution in [0.1, 0.15) is 12.5 Å². The molecule has 0 fully saturated rings. The van der Waals surface area contributed by atoms with Crippen molar-refractivity contribution in [2.24, 2.45) is 5.73 Å². The van der Waals surface area contributed by atoms with Crippen molar-refractivity contribution in [2.45, 2.75) is 19.4 Å². The summed E-state index contributed by atoms with van der Waals surface area (Å²) in [6, 6.07) is 6.10. The molecule has 1 aromatic carbocycles. The van der Waals surface area contributed by atoms with E-state index in [1.165, 1.54) is 5.56 Å². The Labute approximate surface area is 81.1 Å². The highest BCUT2D eigenvalue weighted by Crippen LogP contribution is 2.20. The minimum absolute atomic E-state index is 0.195. The zero-order valence-electron chi connectivity index (χ0n) is 7.05. The summed E-state index contributed by atoms with van der Waals surface area (Å²) in [5, 5.41) is 0. The Kier molecular flexibility index (Phi) is 3.12. The highest BCUT2D eigenvalue weighted by Gasteiger charge is 2.00. The number of halogens is 1. The van der Waals surface area contributed by atoms with Crippen molar-refractivity contribution in [1.82, 2.24) is 0 Å². The molecule has 2 nitrogen and oxygen atoms in total. The second-order valence-corrected chi connectivity index (χ2v) is 3.89. The highest BCUT2D eigenvalue weighted by molar-refractivity contribution is 9.10. The summed E-state index contributed by atoms with van der Waals surface area (Å²) in [7, 11) is 0. The molecule has 66 valence electrons. The number of hydrogen-bond acceptors (Lipinski definition) is 2. The number of anilines is 1. The van der Waals surface area contributed by atoms with Crippen LogP contribution < -0.4 is 11.5 Å². The molecule has 0 saturated heterocycles. The first-order chi connectivity index (χ1) is 5.59. The van der Waals surface area contributed by atoms with Crippen LogP contribution in [0, 0.1) is 0 Å². The molecule has 1 aromatic rings. The molecule has 12 heavy (non-hydrogen) atoms. The zero-order chi connectivity index (χ0) is 9.14. The van der Waals surface area contributed by atoms with Gasteiger partial charge in [0.1, 0.15) is 0 Å². The molecule has 0 heterocycles. The van der Waals surface area contributed by atoms with Crippen molar-refractivity contribution in [3.63, 3.8) is 0 Å². The lowest BCUT2D eigenvalue weighted by molar-refractivity contribution is 0.738. The first-order valence-corrected chi connectivity index (χ1v) is 4.68. The fourth-order valence-electron chi connectivity index (χ4n) is 1.07. The van der Waals surface area contributed by atoms with E-state index in [4.69, 9.17) is 11.5 Å². The van der Waals surface area contributed by atoms with Crippen molar-refractivity contribution < 1.29 is 0 Å². The molecule has 0 aliphatic rings. The molecule has 3 heteroatoms. The molecule has 4 N–H and O–H groups in total. The largest absolute Gasteiger partial charge is 0.398 e. The summed E-state index contributed by atoms with van der Waals surface area (Å²) in [5.74, 6) is 0. The summed E-state index contributed by atoms with van der Waals surface area (Å²) >= 11 is 3.37. The van der Waals surface area contributed by atoms with Gasteiger partial charge in [0.05, 0.1) is 0 Å². The van der Waals surface area contributed by atoms with Gasteiger partial charge in [-0.2, -0.15) is 0 Å². The second kappa shape index (κ2) is 3.92. The predicted molar refractivity (Wildman–Crippen MR) is 55.9 cm³/mol. The van der Waals surface area contributed by atoms with Gasteiger partial charge in [-0.3, -0.25) is 0 Å². The molecule has 0 amide bonds. The Morgan fingerprint density at radius 2 is 2.17 bits per heavy atom. The first-order valence-electron chi connectivity index (χ1n) is 3.89. The van der Waals surface area contributed by atoms with Crippen molar-refractivity contribution >= 4 is 21.6 Å². The number of nitrogen functional groups attached to an aromatic ring is 1. The summed E-state index contributed by atoms with van der Waals surface area (Å²) < 4.78 is 0.945. The predicted octanol–water partition coefficient (Wildman–Crippen LogP) is 1.92. The van der Waals surface area contributed by atoms with Gasteiger partial charge >= 0.3 is 0 Å². The average Bonchev–Trinajstić information content (AvgIpc) is 1.96. The molecule has 0 saturated carbocycles.